The van der Waals surface area contributed by atoms with Crippen LogP contribution in [0.3, 0.4) is 0 Å². The Labute approximate surface area is 117 Å². The summed E-state index contributed by atoms with van der Waals surface area (Å²) in [6.45, 7) is 5.16. The molecular formula is C15H30N2O2. The van der Waals surface area contributed by atoms with Gasteiger partial charge < -0.3 is 15.4 Å². The van der Waals surface area contributed by atoms with Crippen LogP contribution in [0.4, 0.5) is 0 Å². The Morgan fingerprint density at radius 3 is 2.47 bits per heavy atom. The molecule has 1 fully saturated rings. The summed E-state index contributed by atoms with van der Waals surface area (Å²) in [6.07, 6.45) is 10.1. The van der Waals surface area contributed by atoms with E-state index in [1.54, 1.807) is 0 Å². The lowest BCUT2D eigenvalue weighted by Gasteiger charge is -2.22. The minimum Gasteiger partial charge on any atom is -0.366 e. The van der Waals surface area contributed by atoms with Crippen LogP contribution < -0.4 is 10.6 Å². The van der Waals surface area contributed by atoms with Crippen LogP contribution in [0.1, 0.15) is 58.3 Å². The zero-order chi connectivity index (χ0) is 13.8. The van der Waals surface area contributed by atoms with Crippen LogP contribution in [-0.2, 0) is 9.53 Å². The molecular weight excluding hydrogens is 240 g/mol. The molecule has 1 saturated heterocycles. The van der Waals surface area contributed by atoms with Crippen molar-refractivity contribution in [1.82, 2.24) is 10.6 Å². The van der Waals surface area contributed by atoms with Crippen LogP contribution in [0.15, 0.2) is 0 Å². The number of hydrogen-bond acceptors (Lipinski definition) is 3. The van der Waals surface area contributed by atoms with Gasteiger partial charge in [-0.15, -0.1) is 0 Å². The van der Waals surface area contributed by atoms with Gasteiger partial charge in [0.2, 0.25) is 5.91 Å². The average Bonchev–Trinajstić information content (AvgIpc) is 2.46. The third kappa shape index (κ3) is 8.22. The summed E-state index contributed by atoms with van der Waals surface area (Å²) in [5.74, 6) is 0.0372. The van der Waals surface area contributed by atoms with E-state index in [1.807, 2.05) is 0 Å². The van der Waals surface area contributed by atoms with E-state index in [9.17, 15) is 4.79 Å². The Balaban J connectivity index is 1.86. The summed E-state index contributed by atoms with van der Waals surface area (Å²) < 4.78 is 5.40. The van der Waals surface area contributed by atoms with Gasteiger partial charge in [0.15, 0.2) is 0 Å². The molecule has 0 aromatic carbocycles. The summed E-state index contributed by atoms with van der Waals surface area (Å²) in [6, 6.07) is 0. The monoisotopic (exact) mass is 270 g/mol. The van der Waals surface area contributed by atoms with Crippen LogP contribution in [-0.4, -0.2) is 38.3 Å². The normalized spacial score (nSPS) is 19.3. The number of morpholine rings is 1. The zero-order valence-corrected chi connectivity index (χ0v) is 12.4. The molecule has 0 spiro atoms. The second-order valence-corrected chi connectivity index (χ2v) is 5.33. The average molecular weight is 270 g/mol. The van der Waals surface area contributed by atoms with Crippen molar-refractivity contribution < 1.29 is 9.53 Å². The van der Waals surface area contributed by atoms with Crippen molar-refractivity contribution in [1.29, 1.82) is 0 Å². The predicted octanol–water partition coefficient (Wildman–Crippen LogP) is 2.23. The zero-order valence-electron chi connectivity index (χ0n) is 12.4. The van der Waals surface area contributed by atoms with Gasteiger partial charge in [-0.2, -0.15) is 0 Å². The predicted molar refractivity (Wildman–Crippen MR) is 78.2 cm³/mol. The van der Waals surface area contributed by atoms with E-state index in [1.165, 1.54) is 44.9 Å². The second-order valence-electron chi connectivity index (χ2n) is 5.33. The lowest BCUT2D eigenvalue weighted by Crippen LogP contribution is -2.48. The van der Waals surface area contributed by atoms with Crippen molar-refractivity contribution in [3.05, 3.63) is 0 Å². The summed E-state index contributed by atoms with van der Waals surface area (Å²) in [4.78, 5) is 11.7. The molecule has 0 aromatic rings. The third-order valence-corrected chi connectivity index (χ3v) is 3.55. The topological polar surface area (TPSA) is 50.4 Å². The third-order valence-electron chi connectivity index (χ3n) is 3.55. The molecule has 19 heavy (non-hydrogen) atoms. The molecule has 1 unspecified atom stereocenters. The minimum absolute atomic E-state index is 0.0372. The van der Waals surface area contributed by atoms with Crippen LogP contribution in [0.2, 0.25) is 0 Å². The summed E-state index contributed by atoms with van der Waals surface area (Å²) in [5, 5.41) is 6.12. The van der Waals surface area contributed by atoms with E-state index in [0.717, 1.165) is 19.5 Å². The van der Waals surface area contributed by atoms with Crippen LogP contribution in [0, 0.1) is 0 Å². The van der Waals surface area contributed by atoms with Crippen molar-refractivity contribution in [3.63, 3.8) is 0 Å². The number of amides is 1. The van der Waals surface area contributed by atoms with Gasteiger partial charge in [-0.05, 0) is 6.42 Å². The molecule has 4 nitrogen and oxygen atoms in total. The van der Waals surface area contributed by atoms with Gasteiger partial charge in [0.1, 0.15) is 6.10 Å². The van der Waals surface area contributed by atoms with Gasteiger partial charge in [-0.3, -0.25) is 4.79 Å². The maximum atomic E-state index is 11.7. The van der Waals surface area contributed by atoms with Crippen molar-refractivity contribution in [2.45, 2.75) is 64.4 Å². The Morgan fingerprint density at radius 2 is 1.84 bits per heavy atom. The molecule has 0 aromatic heterocycles. The molecule has 4 heteroatoms. The quantitative estimate of drug-likeness (QED) is 0.599. The van der Waals surface area contributed by atoms with Crippen molar-refractivity contribution >= 4 is 5.91 Å². The van der Waals surface area contributed by atoms with E-state index in [2.05, 4.69) is 17.6 Å². The highest BCUT2D eigenvalue weighted by Gasteiger charge is 2.20. The number of nitrogens with one attached hydrogen (secondary N) is 2. The number of hydrogen-bond donors (Lipinski definition) is 2. The van der Waals surface area contributed by atoms with Crippen molar-refractivity contribution in [3.8, 4) is 0 Å². The molecule has 1 amide bonds. The molecule has 1 heterocycles. The fourth-order valence-electron chi connectivity index (χ4n) is 2.32. The van der Waals surface area contributed by atoms with Crippen LogP contribution >= 0.6 is 0 Å². The lowest BCUT2D eigenvalue weighted by molar-refractivity contribution is -0.134. The number of carbonyl (C=O) groups excluding carboxylic acids is 1. The Bertz CT molecular complexity index is 228. The van der Waals surface area contributed by atoms with Gasteiger partial charge in [-0.1, -0.05) is 51.9 Å². The standard InChI is InChI=1S/C15H30N2O2/c1-2-3-4-5-6-7-8-9-10-17-15(18)14-13-16-11-12-19-14/h14,16H,2-13H2,1H3,(H,17,18). The largest absolute Gasteiger partial charge is 0.366 e. The summed E-state index contributed by atoms with van der Waals surface area (Å²) >= 11 is 0. The SMILES string of the molecule is CCCCCCCCCCNC(=O)C1CNCCO1. The summed E-state index contributed by atoms with van der Waals surface area (Å²) in [5.41, 5.74) is 0. The molecule has 112 valence electrons. The molecule has 1 aliphatic heterocycles. The first-order chi connectivity index (χ1) is 9.34. The van der Waals surface area contributed by atoms with Crippen molar-refractivity contribution in [2.24, 2.45) is 0 Å². The van der Waals surface area contributed by atoms with Gasteiger partial charge in [-0.25, -0.2) is 0 Å². The maximum Gasteiger partial charge on any atom is 0.250 e. The molecule has 0 radical (unpaired) electrons. The molecule has 0 aliphatic carbocycles. The minimum atomic E-state index is -0.289. The van der Waals surface area contributed by atoms with Gasteiger partial charge in [0, 0.05) is 19.6 Å². The first-order valence-electron chi connectivity index (χ1n) is 7.94. The molecule has 1 rings (SSSR count). The van der Waals surface area contributed by atoms with Gasteiger partial charge in [0.05, 0.1) is 6.61 Å². The summed E-state index contributed by atoms with van der Waals surface area (Å²) in [7, 11) is 0. The molecule has 0 bridgehead atoms. The molecule has 1 aliphatic rings. The van der Waals surface area contributed by atoms with Gasteiger partial charge >= 0.3 is 0 Å². The van der Waals surface area contributed by atoms with Gasteiger partial charge in [0.25, 0.3) is 0 Å². The Hall–Kier alpha value is -0.610. The fraction of sp³-hybridized carbons (Fsp3) is 0.933. The molecule has 2 N–H and O–H groups in total. The number of unbranched alkanes of at least 4 members (excludes halogenated alkanes) is 7. The van der Waals surface area contributed by atoms with E-state index in [0.29, 0.717) is 13.2 Å². The second kappa shape index (κ2) is 11.2. The fourth-order valence-corrected chi connectivity index (χ4v) is 2.32. The smallest absolute Gasteiger partial charge is 0.250 e. The Kier molecular flexibility index (Phi) is 9.72. The molecule has 0 saturated carbocycles. The highest BCUT2D eigenvalue weighted by molar-refractivity contribution is 5.81. The van der Waals surface area contributed by atoms with Crippen molar-refractivity contribution in [2.75, 3.05) is 26.2 Å². The van der Waals surface area contributed by atoms with Crippen LogP contribution in [0.25, 0.3) is 0 Å². The van der Waals surface area contributed by atoms with Crippen LogP contribution in [0.5, 0.6) is 0 Å². The Morgan fingerprint density at radius 1 is 1.16 bits per heavy atom. The van der Waals surface area contributed by atoms with E-state index < -0.39 is 0 Å². The van der Waals surface area contributed by atoms with E-state index in [-0.39, 0.29) is 12.0 Å². The van der Waals surface area contributed by atoms with E-state index >= 15 is 0 Å². The highest BCUT2D eigenvalue weighted by Crippen LogP contribution is 2.07. The highest BCUT2D eigenvalue weighted by atomic mass is 16.5. The lowest BCUT2D eigenvalue weighted by atomic mass is 10.1. The number of rotatable bonds is 10. The number of carbonyl (C=O) groups is 1. The number of ether oxygens (including phenoxy) is 1. The van der Waals surface area contributed by atoms with E-state index in [4.69, 9.17) is 4.74 Å². The molecule has 1 atom stereocenters. The maximum absolute atomic E-state index is 11.7. The first-order valence-corrected chi connectivity index (χ1v) is 7.94. The first kappa shape index (κ1) is 16.4.